The third-order valence-corrected chi connectivity index (χ3v) is 2.57. The number of carbonyl (C=O) groups is 1. The van der Waals surface area contributed by atoms with Gasteiger partial charge in [0.2, 0.25) is 0 Å². The van der Waals surface area contributed by atoms with Crippen LogP contribution in [0.2, 0.25) is 5.02 Å². The summed E-state index contributed by atoms with van der Waals surface area (Å²) in [4.78, 5) is 11.4. The van der Waals surface area contributed by atoms with Crippen molar-refractivity contribution in [2.75, 3.05) is 7.11 Å². The third kappa shape index (κ3) is 2.14. The molecule has 0 amide bonds. The number of nitrogens with zero attached hydrogens (tertiary/aromatic N) is 2. The molecule has 0 N–H and O–H groups in total. The van der Waals surface area contributed by atoms with E-state index in [9.17, 15) is 9.18 Å². The van der Waals surface area contributed by atoms with Gasteiger partial charge < -0.3 is 4.74 Å². The lowest BCUT2D eigenvalue weighted by molar-refractivity contribution is 0.0600. The van der Waals surface area contributed by atoms with Crippen LogP contribution < -0.4 is 0 Å². The number of esters is 1. The van der Waals surface area contributed by atoms with Crippen molar-refractivity contribution in [2.45, 2.75) is 0 Å². The molecule has 0 saturated heterocycles. The van der Waals surface area contributed by atoms with Gasteiger partial charge in [-0.1, -0.05) is 11.6 Å². The molecule has 0 atom stereocenters. The van der Waals surface area contributed by atoms with Gasteiger partial charge in [-0.3, -0.25) is 0 Å². The van der Waals surface area contributed by atoms with Crippen molar-refractivity contribution in [2.24, 2.45) is 0 Å². The summed E-state index contributed by atoms with van der Waals surface area (Å²) in [6.07, 6.45) is 3.17. The molecule has 1 aromatic heterocycles. The quantitative estimate of drug-likeness (QED) is 0.773. The van der Waals surface area contributed by atoms with Crippen molar-refractivity contribution >= 4 is 17.6 Å². The molecule has 0 saturated carbocycles. The number of benzene rings is 1. The second-order valence-electron chi connectivity index (χ2n) is 3.23. The number of aromatic nitrogens is 2. The zero-order valence-electron chi connectivity index (χ0n) is 8.85. The van der Waals surface area contributed by atoms with Crippen LogP contribution in [0.3, 0.4) is 0 Å². The van der Waals surface area contributed by atoms with E-state index < -0.39 is 11.8 Å². The number of rotatable bonds is 2. The van der Waals surface area contributed by atoms with Gasteiger partial charge in [0.1, 0.15) is 5.82 Å². The lowest BCUT2D eigenvalue weighted by atomic mass is 10.2. The third-order valence-electron chi connectivity index (χ3n) is 2.19. The van der Waals surface area contributed by atoms with E-state index in [-0.39, 0.29) is 10.6 Å². The average Bonchev–Trinajstić information content (AvgIpc) is 2.85. The Morgan fingerprint density at radius 1 is 1.53 bits per heavy atom. The van der Waals surface area contributed by atoms with Gasteiger partial charge in [0, 0.05) is 18.5 Å². The molecule has 17 heavy (non-hydrogen) atoms. The van der Waals surface area contributed by atoms with E-state index >= 15 is 0 Å². The molecular formula is C11H8ClFN2O2. The highest BCUT2D eigenvalue weighted by molar-refractivity contribution is 6.33. The lowest BCUT2D eigenvalue weighted by Crippen LogP contribution is -2.06. The SMILES string of the molecule is COC(=O)c1cc(-n2cccn2)cc(F)c1Cl. The fraction of sp³-hybridized carbons (Fsp3) is 0.0909. The molecule has 0 fully saturated rings. The number of ether oxygens (including phenoxy) is 1. The molecule has 1 aromatic carbocycles. The zero-order chi connectivity index (χ0) is 12.4. The highest BCUT2D eigenvalue weighted by Crippen LogP contribution is 2.24. The van der Waals surface area contributed by atoms with Crippen LogP contribution in [-0.4, -0.2) is 22.9 Å². The molecule has 1 heterocycles. The largest absolute Gasteiger partial charge is 0.465 e. The van der Waals surface area contributed by atoms with Gasteiger partial charge >= 0.3 is 5.97 Å². The van der Waals surface area contributed by atoms with Gasteiger partial charge in [0.05, 0.1) is 23.4 Å². The highest BCUT2D eigenvalue weighted by atomic mass is 35.5. The van der Waals surface area contributed by atoms with Gasteiger partial charge in [-0.05, 0) is 12.1 Å². The molecule has 0 aliphatic carbocycles. The molecule has 88 valence electrons. The lowest BCUT2D eigenvalue weighted by Gasteiger charge is -2.07. The maximum absolute atomic E-state index is 13.5. The predicted molar refractivity (Wildman–Crippen MR) is 59.9 cm³/mol. The van der Waals surface area contributed by atoms with E-state index in [0.29, 0.717) is 5.69 Å². The number of halogens is 2. The Balaban J connectivity index is 2.57. The molecule has 6 heteroatoms. The summed E-state index contributed by atoms with van der Waals surface area (Å²) in [5.41, 5.74) is 0.372. The minimum atomic E-state index is -0.694. The molecule has 2 aromatic rings. The van der Waals surface area contributed by atoms with Gasteiger partial charge in [-0.2, -0.15) is 5.10 Å². The van der Waals surface area contributed by atoms with E-state index in [0.717, 1.165) is 0 Å². The first-order valence-electron chi connectivity index (χ1n) is 4.71. The van der Waals surface area contributed by atoms with Crippen molar-refractivity contribution in [3.63, 3.8) is 0 Å². The van der Waals surface area contributed by atoms with Crippen molar-refractivity contribution < 1.29 is 13.9 Å². The predicted octanol–water partition coefficient (Wildman–Crippen LogP) is 2.45. The zero-order valence-corrected chi connectivity index (χ0v) is 9.61. The molecule has 0 unspecified atom stereocenters. The molecule has 0 aliphatic heterocycles. The van der Waals surface area contributed by atoms with Crippen LogP contribution in [0.5, 0.6) is 0 Å². The van der Waals surface area contributed by atoms with Crippen LogP contribution in [0.25, 0.3) is 5.69 Å². The minimum Gasteiger partial charge on any atom is -0.465 e. The van der Waals surface area contributed by atoms with Crippen LogP contribution in [0, 0.1) is 5.82 Å². The maximum atomic E-state index is 13.5. The number of hydrogen-bond acceptors (Lipinski definition) is 3. The van der Waals surface area contributed by atoms with Crippen molar-refractivity contribution in [1.29, 1.82) is 0 Å². The van der Waals surface area contributed by atoms with Crippen LogP contribution in [-0.2, 0) is 4.74 Å². The topological polar surface area (TPSA) is 44.1 Å². The van der Waals surface area contributed by atoms with Gasteiger partial charge in [0.25, 0.3) is 0 Å². The van der Waals surface area contributed by atoms with Gasteiger partial charge in [-0.25, -0.2) is 13.9 Å². The van der Waals surface area contributed by atoms with E-state index in [4.69, 9.17) is 11.6 Å². The summed E-state index contributed by atoms with van der Waals surface area (Å²) >= 11 is 5.69. The Bertz CT molecular complexity index is 555. The summed E-state index contributed by atoms with van der Waals surface area (Å²) in [7, 11) is 1.21. The highest BCUT2D eigenvalue weighted by Gasteiger charge is 2.16. The molecule has 0 bridgehead atoms. The smallest absolute Gasteiger partial charge is 0.339 e. The fourth-order valence-corrected chi connectivity index (χ4v) is 1.57. The monoisotopic (exact) mass is 254 g/mol. The van der Waals surface area contributed by atoms with E-state index in [1.54, 1.807) is 18.5 Å². The second-order valence-corrected chi connectivity index (χ2v) is 3.61. The van der Waals surface area contributed by atoms with E-state index in [2.05, 4.69) is 9.84 Å². The standard InChI is InChI=1S/C11H8ClFN2O2/c1-17-11(16)8-5-7(6-9(13)10(8)12)15-4-2-3-14-15/h2-6H,1H3. The summed E-state index contributed by atoms with van der Waals surface area (Å²) in [5, 5.41) is 3.68. The average molecular weight is 255 g/mol. The van der Waals surface area contributed by atoms with Crippen LogP contribution in [0.1, 0.15) is 10.4 Å². The Labute approximate surface area is 102 Å². The Morgan fingerprint density at radius 3 is 2.88 bits per heavy atom. The Morgan fingerprint density at radius 2 is 2.29 bits per heavy atom. The first-order valence-corrected chi connectivity index (χ1v) is 5.08. The van der Waals surface area contributed by atoms with Gasteiger partial charge in [-0.15, -0.1) is 0 Å². The fourth-order valence-electron chi connectivity index (χ4n) is 1.39. The molecule has 0 radical (unpaired) electrons. The van der Waals surface area contributed by atoms with Crippen molar-refractivity contribution in [1.82, 2.24) is 9.78 Å². The Hall–Kier alpha value is -1.88. The molecule has 4 nitrogen and oxygen atoms in total. The number of hydrogen-bond donors (Lipinski definition) is 0. The normalized spacial score (nSPS) is 10.3. The molecule has 2 rings (SSSR count). The summed E-state index contributed by atoms with van der Waals surface area (Å²) in [6.45, 7) is 0. The maximum Gasteiger partial charge on any atom is 0.339 e. The Kier molecular flexibility index (Phi) is 3.10. The van der Waals surface area contributed by atoms with Crippen molar-refractivity contribution in [3.8, 4) is 5.69 Å². The van der Waals surface area contributed by atoms with Crippen LogP contribution in [0.15, 0.2) is 30.6 Å². The first kappa shape index (κ1) is 11.6. The molecular weight excluding hydrogens is 247 g/mol. The van der Waals surface area contributed by atoms with E-state index in [1.165, 1.54) is 23.9 Å². The molecule has 0 spiro atoms. The first-order chi connectivity index (χ1) is 8.13. The minimum absolute atomic E-state index is 0.0281. The second kappa shape index (κ2) is 4.55. The number of methoxy groups -OCH3 is 1. The van der Waals surface area contributed by atoms with E-state index in [1.807, 2.05) is 0 Å². The summed E-state index contributed by atoms with van der Waals surface area (Å²) in [5.74, 6) is -1.39. The molecule has 0 aliphatic rings. The van der Waals surface area contributed by atoms with Crippen LogP contribution >= 0.6 is 11.6 Å². The summed E-state index contributed by atoms with van der Waals surface area (Å²) < 4.78 is 19.5. The van der Waals surface area contributed by atoms with Gasteiger partial charge in [0.15, 0.2) is 0 Å². The summed E-state index contributed by atoms with van der Waals surface area (Å²) in [6, 6.07) is 4.30. The number of carbonyl (C=O) groups excluding carboxylic acids is 1. The van der Waals surface area contributed by atoms with Crippen molar-refractivity contribution in [3.05, 3.63) is 47.0 Å². The van der Waals surface area contributed by atoms with Crippen LogP contribution in [0.4, 0.5) is 4.39 Å².